The summed E-state index contributed by atoms with van der Waals surface area (Å²) < 4.78 is 6.14. The highest BCUT2D eigenvalue weighted by atomic mass is 127. The quantitative estimate of drug-likeness (QED) is 0.349. The van der Waals surface area contributed by atoms with Crippen LogP contribution in [0.5, 0.6) is 5.75 Å². The average molecular weight is 463 g/mol. The van der Waals surface area contributed by atoms with Crippen LogP contribution in [-0.2, 0) is 6.54 Å². The second-order valence-corrected chi connectivity index (χ2v) is 8.12. The predicted octanol–water partition coefficient (Wildman–Crippen LogP) is 3.90. The van der Waals surface area contributed by atoms with Crippen molar-refractivity contribution < 1.29 is 4.74 Å². The van der Waals surface area contributed by atoms with Crippen molar-refractivity contribution in [3.8, 4) is 5.75 Å². The largest absolute Gasteiger partial charge is 0.493 e. The highest BCUT2D eigenvalue weighted by molar-refractivity contribution is 14.0. The maximum atomic E-state index is 5.96. The number of ether oxygens (including phenoxy) is 1. The molecule has 0 aromatic heterocycles. The van der Waals surface area contributed by atoms with Gasteiger partial charge in [0.15, 0.2) is 5.96 Å². The Morgan fingerprint density at radius 3 is 2.62 bits per heavy atom. The molecular formula is C18H30IN3OS. The molecule has 1 aromatic carbocycles. The maximum Gasteiger partial charge on any atom is 0.191 e. The number of guanidine groups is 1. The van der Waals surface area contributed by atoms with Crippen molar-refractivity contribution in [3.05, 3.63) is 29.8 Å². The van der Waals surface area contributed by atoms with Gasteiger partial charge in [0.25, 0.3) is 0 Å². The fraction of sp³-hybridized carbons (Fsp3) is 0.611. The first-order chi connectivity index (χ1) is 11.0. The van der Waals surface area contributed by atoms with E-state index >= 15 is 0 Å². The summed E-state index contributed by atoms with van der Waals surface area (Å²) in [5.74, 6) is 2.56. The molecule has 1 saturated carbocycles. The van der Waals surface area contributed by atoms with E-state index in [-0.39, 0.29) is 28.7 Å². The monoisotopic (exact) mass is 463 g/mol. The minimum atomic E-state index is 0. The van der Waals surface area contributed by atoms with Gasteiger partial charge in [-0.3, -0.25) is 4.99 Å². The first-order valence-electron chi connectivity index (χ1n) is 8.24. The van der Waals surface area contributed by atoms with E-state index in [4.69, 9.17) is 4.74 Å². The summed E-state index contributed by atoms with van der Waals surface area (Å²) in [5, 5.41) is 6.76. The molecule has 0 aliphatic heterocycles. The first-order valence-corrected chi connectivity index (χ1v) is 9.47. The molecule has 0 saturated heterocycles. The Labute approximate surface area is 167 Å². The number of nitrogens with zero attached hydrogens (tertiary/aromatic N) is 1. The Hall–Kier alpha value is -0.630. The lowest BCUT2D eigenvalue weighted by atomic mass is 10.2. The number of hydrogen-bond donors (Lipinski definition) is 2. The Morgan fingerprint density at radius 1 is 1.29 bits per heavy atom. The SMILES string of the molecule is CN=C(NCc1ccccc1OCC1CC1)NCC(C)(C)SC.I. The molecule has 0 heterocycles. The molecule has 1 aliphatic rings. The number of hydrogen-bond acceptors (Lipinski definition) is 3. The normalized spacial score (nSPS) is 14.8. The molecule has 2 rings (SSSR count). The van der Waals surface area contributed by atoms with Crippen LogP contribution >= 0.6 is 35.7 Å². The number of aliphatic imine (C=N–C) groups is 1. The van der Waals surface area contributed by atoms with E-state index in [1.807, 2.05) is 30.0 Å². The molecule has 136 valence electrons. The lowest BCUT2D eigenvalue weighted by Gasteiger charge is -2.24. The Balaban J connectivity index is 0.00000288. The summed E-state index contributed by atoms with van der Waals surface area (Å²) >= 11 is 1.85. The highest BCUT2D eigenvalue weighted by Gasteiger charge is 2.22. The van der Waals surface area contributed by atoms with Crippen molar-refractivity contribution in [2.75, 3.05) is 26.5 Å². The van der Waals surface area contributed by atoms with Crippen LogP contribution in [0.3, 0.4) is 0 Å². The molecule has 0 atom stereocenters. The average Bonchev–Trinajstić information content (AvgIpc) is 3.38. The molecule has 0 unspecified atom stereocenters. The molecule has 1 aliphatic carbocycles. The smallest absolute Gasteiger partial charge is 0.191 e. The zero-order chi connectivity index (χ0) is 16.7. The van der Waals surface area contributed by atoms with Gasteiger partial charge in [0.05, 0.1) is 6.61 Å². The summed E-state index contributed by atoms with van der Waals surface area (Å²) in [7, 11) is 1.80. The fourth-order valence-electron chi connectivity index (χ4n) is 2.05. The van der Waals surface area contributed by atoms with Crippen molar-refractivity contribution in [2.24, 2.45) is 10.9 Å². The Morgan fingerprint density at radius 2 is 2.00 bits per heavy atom. The number of benzene rings is 1. The molecule has 0 amide bonds. The van der Waals surface area contributed by atoms with Crippen LogP contribution < -0.4 is 15.4 Å². The van der Waals surface area contributed by atoms with Crippen molar-refractivity contribution in [1.82, 2.24) is 10.6 Å². The van der Waals surface area contributed by atoms with Crippen molar-refractivity contribution >= 4 is 41.7 Å². The highest BCUT2D eigenvalue weighted by Crippen LogP contribution is 2.30. The Bertz CT molecular complexity index is 533. The molecule has 4 nitrogen and oxygen atoms in total. The zero-order valence-corrected chi connectivity index (χ0v) is 18.2. The van der Waals surface area contributed by atoms with Gasteiger partial charge in [-0.05, 0) is 44.9 Å². The second kappa shape index (κ2) is 10.4. The standard InChI is InChI=1S/C18H29N3OS.HI/c1-18(2,23-4)13-21-17(19-3)20-11-15-7-5-6-8-16(15)22-12-14-9-10-14;/h5-8,14H,9-13H2,1-4H3,(H2,19,20,21);1H. The first kappa shape index (κ1) is 21.4. The molecule has 2 N–H and O–H groups in total. The number of rotatable bonds is 8. The summed E-state index contributed by atoms with van der Waals surface area (Å²) in [4.78, 5) is 4.30. The summed E-state index contributed by atoms with van der Waals surface area (Å²) in [6.07, 6.45) is 4.75. The van der Waals surface area contributed by atoms with E-state index in [1.165, 1.54) is 18.4 Å². The van der Waals surface area contributed by atoms with Gasteiger partial charge in [0.1, 0.15) is 5.75 Å². The van der Waals surface area contributed by atoms with Gasteiger partial charge in [-0.15, -0.1) is 24.0 Å². The lowest BCUT2D eigenvalue weighted by molar-refractivity contribution is 0.296. The van der Waals surface area contributed by atoms with Crippen LogP contribution in [0, 0.1) is 5.92 Å². The summed E-state index contributed by atoms with van der Waals surface area (Å²) in [6, 6.07) is 8.23. The lowest BCUT2D eigenvalue weighted by Crippen LogP contribution is -2.43. The summed E-state index contributed by atoms with van der Waals surface area (Å²) in [6.45, 7) is 6.86. The van der Waals surface area contributed by atoms with Crippen molar-refractivity contribution in [2.45, 2.75) is 38.0 Å². The van der Waals surface area contributed by atoms with Gasteiger partial charge in [0.2, 0.25) is 0 Å². The molecule has 1 fully saturated rings. The topological polar surface area (TPSA) is 45.7 Å². The van der Waals surface area contributed by atoms with Gasteiger partial charge in [-0.25, -0.2) is 0 Å². The molecule has 0 bridgehead atoms. The number of thioether (sulfide) groups is 1. The van der Waals surface area contributed by atoms with E-state index in [0.717, 1.165) is 30.8 Å². The second-order valence-electron chi connectivity index (χ2n) is 6.61. The van der Waals surface area contributed by atoms with E-state index in [9.17, 15) is 0 Å². The van der Waals surface area contributed by atoms with E-state index < -0.39 is 0 Å². The minimum Gasteiger partial charge on any atom is -0.493 e. The van der Waals surface area contributed by atoms with Crippen molar-refractivity contribution in [3.63, 3.8) is 0 Å². The van der Waals surface area contributed by atoms with Crippen LogP contribution in [0.2, 0.25) is 0 Å². The predicted molar refractivity (Wildman–Crippen MR) is 116 cm³/mol. The minimum absolute atomic E-state index is 0. The third-order valence-electron chi connectivity index (χ3n) is 4.05. The van der Waals surface area contributed by atoms with Crippen molar-refractivity contribution in [1.29, 1.82) is 0 Å². The van der Waals surface area contributed by atoms with Crippen LogP contribution in [-0.4, -0.2) is 37.2 Å². The van der Waals surface area contributed by atoms with Gasteiger partial charge in [0, 0.05) is 30.4 Å². The van der Waals surface area contributed by atoms with Crippen LogP contribution in [0.4, 0.5) is 0 Å². The van der Waals surface area contributed by atoms with Gasteiger partial charge in [-0.2, -0.15) is 11.8 Å². The van der Waals surface area contributed by atoms with E-state index in [1.54, 1.807) is 7.05 Å². The van der Waals surface area contributed by atoms with Gasteiger partial charge >= 0.3 is 0 Å². The fourth-order valence-corrected chi connectivity index (χ4v) is 2.27. The summed E-state index contributed by atoms with van der Waals surface area (Å²) in [5.41, 5.74) is 1.17. The Kier molecular flexibility index (Phi) is 9.26. The number of halogens is 1. The molecular weight excluding hydrogens is 433 g/mol. The van der Waals surface area contributed by atoms with Gasteiger partial charge in [-0.1, -0.05) is 18.2 Å². The zero-order valence-electron chi connectivity index (χ0n) is 15.1. The van der Waals surface area contributed by atoms with E-state index in [0.29, 0.717) is 6.54 Å². The third-order valence-corrected chi connectivity index (χ3v) is 5.30. The number of nitrogens with one attached hydrogen (secondary N) is 2. The molecule has 6 heteroatoms. The molecule has 0 radical (unpaired) electrons. The van der Waals surface area contributed by atoms with Gasteiger partial charge < -0.3 is 15.4 Å². The molecule has 0 spiro atoms. The van der Waals surface area contributed by atoms with Crippen LogP contribution in [0.1, 0.15) is 32.3 Å². The molecule has 24 heavy (non-hydrogen) atoms. The maximum absolute atomic E-state index is 5.96. The van der Waals surface area contributed by atoms with Crippen LogP contribution in [0.25, 0.3) is 0 Å². The third kappa shape index (κ3) is 7.51. The number of para-hydroxylation sites is 1. The van der Waals surface area contributed by atoms with E-state index in [2.05, 4.69) is 41.8 Å². The van der Waals surface area contributed by atoms with Crippen LogP contribution in [0.15, 0.2) is 29.3 Å². The molecule has 1 aromatic rings.